The van der Waals surface area contributed by atoms with Crippen molar-refractivity contribution < 1.29 is 4.79 Å². The number of nitriles is 1. The normalized spacial score (nSPS) is 12.5. The summed E-state index contributed by atoms with van der Waals surface area (Å²) in [5.41, 5.74) is 3.01. The van der Waals surface area contributed by atoms with E-state index in [0.29, 0.717) is 10.6 Å². The number of hydrogen-bond donors (Lipinski definition) is 1. The van der Waals surface area contributed by atoms with Crippen LogP contribution in [0.3, 0.4) is 0 Å². The number of fused-ring (bicyclic) bond motifs is 1. The predicted octanol–water partition coefficient (Wildman–Crippen LogP) is 5.05. The summed E-state index contributed by atoms with van der Waals surface area (Å²) in [6, 6.07) is 10.7. The van der Waals surface area contributed by atoms with E-state index in [2.05, 4.69) is 64.3 Å². The molecule has 0 unspecified atom stereocenters. The number of thioether (sulfide) groups is 2. The largest absolute Gasteiger partial charge is 0.316 e. The van der Waals surface area contributed by atoms with Crippen molar-refractivity contribution in [2.75, 3.05) is 11.1 Å². The fourth-order valence-corrected chi connectivity index (χ4v) is 6.45. The molecule has 4 rings (SSSR count). The van der Waals surface area contributed by atoms with Crippen LogP contribution < -0.4 is 5.32 Å². The molecular formula is C22H23N5OS3. The fraction of sp³-hybridized carbons (Fsp3) is 0.364. The molecule has 160 valence electrons. The Labute approximate surface area is 194 Å². The molecule has 0 atom stereocenters. The van der Waals surface area contributed by atoms with E-state index in [-0.39, 0.29) is 11.7 Å². The molecule has 0 spiro atoms. The molecule has 0 bridgehead atoms. The van der Waals surface area contributed by atoms with Gasteiger partial charge in [-0.1, -0.05) is 29.5 Å². The topological polar surface area (TPSA) is 83.6 Å². The first-order chi connectivity index (χ1) is 15.1. The summed E-state index contributed by atoms with van der Waals surface area (Å²) < 4.78 is 2.06. The van der Waals surface area contributed by atoms with Crippen molar-refractivity contribution in [1.82, 2.24) is 14.8 Å². The van der Waals surface area contributed by atoms with Gasteiger partial charge in [0.2, 0.25) is 5.91 Å². The number of carbonyl (C=O) groups excluding carboxylic acids is 1. The van der Waals surface area contributed by atoms with E-state index >= 15 is 0 Å². The smallest absolute Gasteiger partial charge is 0.235 e. The highest BCUT2D eigenvalue weighted by molar-refractivity contribution is 7.99. The first-order valence-electron chi connectivity index (χ1n) is 10.2. The molecule has 1 aromatic carbocycles. The highest BCUT2D eigenvalue weighted by atomic mass is 32.2. The van der Waals surface area contributed by atoms with Gasteiger partial charge < -0.3 is 9.88 Å². The molecule has 0 fully saturated rings. The SMILES string of the molecule is CCn1c(CSc2ccc(C)cc2)nnc1SCC(=O)Nc1sc2c(c1C#N)CCC2. The highest BCUT2D eigenvalue weighted by Crippen LogP contribution is 2.38. The maximum atomic E-state index is 12.5. The number of amides is 1. The third-order valence-corrected chi connectivity index (χ3v) is 8.30. The lowest BCUT2D eigenvalue weighted by Crippen LogP contribution is -2.14. The molecule has 9 heteroatoms. The second kappa shape index (κ2) is 9.90. The molecule has 2 aromatic heterocycles. The molecule has 2 heterocycles. The molecule has 1 amide bonds. The van der Waals surface area contributed by atoms with Crippen molar-refractivity contribution in [3.05, 3.63) is 51.7 Å². The minimum Gasteiger partial charge on any atom is -0.316 e. The number of rotatable bonds is 8. The predicted molar refractivity (Wildman–Crippen MR) is 127 cm³/mol. The summed E-state index contributed by atoms with van der Waals surface area (Å²) >= 11 is 4.64. The average Bonchev–Trinajstić information content (AvgIpc) is 3.46. The van der Waals surface area contributed by atoms with Gasteiger partial charge in [-0.2, -0.15) is 5.26 Å². The van der Waals surface area contributed by atoms with Crippen molar-refractivity contribution in [1.29, 1.82) is 5.26 Å². The third-order valence-electron chi connectivity index (χ3n) is 5.12. The lowest BCUT2D eigenvalue weighted by atomic mass is 10.1. The first kappa shape index (κ1) is 21.9. The van der Waals surface area contributed by atoms with Crippen LogP contribution in [0.5, 0.6) is 0 Å². The van der Waals surface area contributed by atoms with Crippen molar-refractivity contribution in [2.24, 2.45) is 0 Å². The van der Waals surface area contributed by atoms with Crippen molar-refractivity contribution in [3.63, 3.8) is 0 Å². The number of aromatic nitrogens is 3. The summed E-state index contributed by atoms with van der Waals surface area (Å²) in [5, 5.41) is 22.5. The summed E-state index contributed by atoms with van der Waals surface area (Å²) in [6.07, 6.45) is 3.03. The molecule has 31 heavy (non-hydrogen) atoms. The van der Waals surface area contributed by atoms with Crippen LogP contribution in [0, 0.1) is 18.3 Å². The standard InChI is InChI=1S/C22H23N5OS3/c1-3-27-19(12-29-15-9-7-14(2)8-10-15)25-26-22(27)30-13-20(28)24-21-17(11-23)16-5-4-6-18(16)31-21/h7-10H,3-6,12-13H2,1-2H3,(H,24,28). The lowest BCUT2D eigenvalue weighted by Gasteiger charge is -2.08. The molecule has 0 aliphatic heterocycles. The average molecular weight is 470 g/mol. The minimum absolute atomic E-state index is 0.123. The van der Waals surface area contributed by atoms with Gasteiger partial charge in [0.15, 0.2) is 5.16 Å². The van der Waals surface area contributed by atoms with Crippen LogP contribution in [0.4, 0.5) is 5.00 Å². The zero-order valence-electron chi connectivity index (χ0n) is 17.5. The van der Waals surface area contributed by atoms with Crippen molar-refractivity contribution in [3.8, 4) is 6.07 Å². The van der Waals surface area contributed by atoms with Crippen molar-refractivity contribution >= 4 is 45.8 Å². The summed E-state index contributed by atoms with van der Waals surface area (Å²) in [6.45, 7) is 4.88. The number of carbonyl (C=O) groups is 1. The number of thiophene rings is 1. The highest BCUT2D eigenvalue weighted by Gasteiger charge is 2.23. The number of nitrogens with one attached hydrogen (secondary N) is 1. The first-order valence-corrected chi connectivity index (χ1v) is 13.0. The summed E-state index contributed by atoms with van der Waals surface area (Å²) in [5.74, 6) is 1.74. The van der Waals surface area contributed by atoms with Gasteiger partial charge in [-0.05, 0) is 50.8 Å². The van der Waals surface area contributed by atoms with Gasteiger partial charge in [-0.3, -0.25) is 4.79 Å². The van der Waals surface area contributed by atoms with E-state index in [9.17, 15) is 10.1 Å². The molecule has 6 nitrogen and oxygen atoms in total. The summed E-state index contributed by atoms with van der Waals surface area (Å²) in [7, 11) is 0. The molecule has 1 N–H and O–H groups in total. The number of benzene rings is 1. The van der Waals surface area contributed by atoms with E-state index in [1.165, 1.54) is 27.1 Å². The van der Waals surface area contributed by atoms with E-state index in [4.69, 9.17) is 0 Å². The fourth-order valence-electron chi connectivity index (χ4n) is 3.54. The molecule has 0 saturated heterocycles. The van der Waals surface area contributed by atoms with Gasteiger partial charge in [-0.15, -0.1) is 33.3 Å². The maximum absolute atomic E-state index is 12.5. The Morgan fingerprint density at radius 1 is 1.26 bits per heavy atom. The number of anilines is 1. The minimum atomic E-state index is -0.123. The number of nitrogens with zero attached hydrogens (tertiary/aromatic N) is 4. The number of hydrogen-bond acceptors (Lipinski definition) is 7. The van der Waals surface area contributed by atoms with Crippen LogP contribution in [0.1, 0.15) is 40.7 Å². The Hall–Kier alpha value is -2.28. The van der Waals surface area contributed by atoms with Crippen LogP contribution in [0.15, 0.2) is 34.3 Å². The zero-order chi connectivity index (χ0) is 21.8. The van der Waals surface area contributed by atoms with Crippen LogP contribution in [0.2, 0.25) is 0 Å². The summed E-state index contributed by atoms with van der Waals surface area (Å²) in [4.78, 5) is 15.0. The number of aryl methyl sites for hydroxylation is 2. The van der Waals surface area contributed by atoms with E-state index in [1.54, 1.807) is 23.1 Å². The van der Waals surface area contributed by atoms with Gasteiger partial charge >= 0.3 is 0 Å². The monoisotopic (exact) mass is 469 g/mol. The van der Waals surface area contributed by atoms with Gasteiger partial charge in [0.05, 0.1) is 17.1 Å². The van der Waals surface area contributed by atoms with Crippen LogP contribution in [-0.4, -0.2) is 26.4 Å². The van der Waals surface area contributed by atoms with Crippen LogP contribution in [-0.2, 0) is 29.9 Å². The Morgan fingerprint density at radius 3 is 2.81 bits per heavy atom. The van der Waals surface area contributed by atoms with Gasteiger partial charge in [0, 0.05) is 16.3 Å². The molecule has 0 radical (unpaired) electrons. The molecule has 3 aromatic rings. The maximum Gasteiger partial charge on any atom is 0.235 e. The Bertz CT molecular complexity index is 1130. The quantitative estimate of drug-likeness (QED) is 0.465. The van der Waals surface area contributed by atoms with Crippen molar-refractivity contribution in [2.45, 2.75) is 55.5 Å². The van der Waals surface area contributed by atoms with Gasteiger partial charge in [0.25, 0.3) is 0 Å². The molecular weight excluding hydrogens is 446 g/mol. The van der Waals surface area contributed by atoms with E-state index in [0.717, 1.165) is 48.1 Å². The van der Waals surface area contributed by atoms with Crippen LogP contribution in [0.25, 0.3) is 0 Å². The Kier molecular flexibility index (Phi) is 7.00. The van der Waals surface area contributed by atoms with E-state index < -0.39 is 0 Å². The lowest BCUT2D eigenvalue weighted by molar-refractivity contribution is -0.113. The van der Waals surface area contributed by atoms with E-state index in [1.807, 2.05) is 0 Å². The molecule has 1 aliphatic rings. The Balaban J connectivity index is 1.36. The second-order valence-corrected chi connectivity index (χ2v) is 10.4. The van der Waals surface area contributed by atoms with Crippen LogP contribution >= 0.6 is 34.9 Å². The van der Waals surface area contributed by atoms with Gasteiger partial charge in [0.1, 0.15) is 16.9 Å². The zero-order valence-corrected chi connectivity index (χ0v) is 19.9. The molecule has 0 saturated carbocycles. The molecule has 1 aliphatic carbocycles. The second-order valence-electron chi connectivity index (χ2n) is 7.25. The third kappa shape index (κ3) is 4.97. The Morgan fingerprint density at radius 2 is 2.06 bits per heavy atom. The van der Waals surface area contributed by atoms with Gasteiger partial charge in [-0.25, -0.2) is 0 Å².